The Labute approximate surface area is 221 Å². The number of carbonyl (C=O) groups excluding carboxylic acids is 2. The molecule has 1 N–H and O–H groups in total. The number of carbonyl (C=O) groups is 2. The van der Waals surface area contributed by atoms with Gasteiger partial charge in [-0.2, -0.15) is 10.2 Å². The van der Waals surface area contributed by atoms with E-state index in [-0.39, 0.29) is 17.1 Å². The molecule has 0 aliphatic carbocycles. The van der Waals surface area contributed by atoms with Crippen LogP contribution in [0.5, 0.6) is 0 Å². The van der Waals surface area contributed by atoms with Crippen LogP contribution in [0.4, 0.5) is 10.1 Å². The number of likely N-dealkylation sites (N-methyl/N-ethyl adjacent to an activating group) is 1. The molecule has 3 aromatic heterocycles. The highest BCUT2D eigenvalue weighted by molar-refractivity contribution is 6.00. The van der Waals surface area contributed by atoms with Gasteiger partial charge in [-0.3, -0.25) is 19.6 Å². The number of benzene rings is 1. The molecule has 4 aromatic rings. The molecule has 0 saturated carbocycles. The maximum atomic E-state index is 13.9. The minimum absolute atomic E-state index is 0.123. The molecule has 1 aliphatic heterocycles. The molecule has 9 nitrogen and oxygen atoms in total. The summed E-state index contributed by atoms with van der Waals surface area (Å²) in [5.41, 5.74) is 4.10. The van der Waals surface area contributed by atoms with Crippen molar-refractivity contribution in [3.05, 3.63) is 65.5 Å². The van der Waals surface area contributed by atoms with E-state index in [1.54, 1.807) is 41.0 Å². The van der Waals surface area contributed by atoms with Gasteiger partial charge in [-0.15, -0.1) is 0 Å². The summed E-state index contributed by atoms with van der Waals surface area (Å²) >= 11 is 0. The summed E-state index contributed by atoms with van der Waals surface area (Å²) in [4.78, 5) is 31.4. The van der Waals surface area contributed by atoms with Gasteiger partial charge in [0.1, 0.15) is 11.5 Å². The number of rotatable bonds is 3. The van der Waals surface area contributed by atoms with Crippen molar-refractivity contribution in [3.8, 4) is 11.3 Å². The third-order valence-electron chi connectivity index (χ3n) is 7.02. The van der Waals surface area contributed by atoms with Crippen molar-refractivity contribution >= 4 is 23.5 Å². The number of fused-ring (bicyclic) bond motifs is 1. The van der Waals surface area contributed by atoms with E-state index in [0.29, 0.717) is 34.4 Å². The Hall–Kier alpha value is -3.92. The summed E-state index contributed by atoms with van der Waals surface area (Å²) in [6.45, 7) is 13.4. The van der Waals surface area contributed by atoms with Crippen LogP contribution in [0.15, 0.2) is 42.9 Å². The van der Waals surface area contributed by atoms with Crippen molar-refractivity contribution in [1.82, 2.24) is 29.7 Å². The summed E-state index contributed by atoms with van der Waals surface area (Å²) < 4.78 is 15.5. The highest BCUT2D eigenvalue weighted by Gasteiger charge is 2.40. The van der Waals surface area contributed by atoms with Gasteiger partial charge in [-0.1, -0.05) is 32.9 Å². The van der Waals surface area contributed by atoms with Gasteiger partial charge in [-0.05, 0) is 50.9 Å². The van der Waals surface area contributed by atoms with Crippen molar-refractivity contribution in [2.24, 2.45) is 0 Å². The van der Waals surface area contributed by atoms with E-state index in [4.69, 9.17) is 0 Å². The third kappa shape index (κ3) is 5.22. The second-order valence-electron chi connectivity index (χ2n) is 11.1. The predicted molar refractivity (Wildman–Crippen MR) is 145 cm³/mol. The van der Waals surface area contributed by atoms with Gasteiger partial charge in [0.15, 0.2) is 11.9 Å². The number of H-pyrrole nitrogens is 1. The molecule has 4 heterocycles. The van der Waals surface area contributed by atoms with Gasteiger partial charge in [0, 0.05) is 30.4 Å². The zero-order valence-corrected chi connectivity index (χ0v) is 22.9. The third-order valence-corrected chi connectivity index (χ3v) is 7.02. The molecule has 1 aromatic carbocycles. The van der Waals surface area contributed by atoms with Crippen LogP contribution in [0.25, 0.3) is 16.9 Å². The maximum Gasteiger partial charge on any atom is 0.247 e. The molecule has 200 valence electrons. The number of imidazole rings is 1. The lowest BCUT2D eigenvalue weighted by atomic mass is 9.87. The molecule has 0 unspecified atom stereocenters. The van der Waals surface area contributed by atoms with Crippen LogP contribution in [-0.2, 0) is 10.2 Å². The number of anilines is 1. The van der Waals surface area contributed by atoms with Gasteiger partial charge >= 0.3 is 0 Å². The fourth-order valence-corrected chi connectivity index (χ4v) is 4.26. The van der Waals surface area contributed by atoms with Crippen LogP contribution in [0.2, 0.25) is 0 Å². The Morgan fingerprint density at radius 1 is 1.16 bits per heavy atom. The summed E-state index contributed by atoms with van der Waals surface area (Å²) in [6.07, 6.45) is 5.72. The molecule has 0 radical (unpaired) electrons. The van der Waals surface area contributed by atoms with Gasteiger partial charge in [0.05, 0.1) is 29.3 Å². The first-order valence-corrected chi connectivity index (χ1v) is 12.5. The Bertz CT molecular complexity index is 1470. The van der Waals surface area contributed by atoms with E-state index < -0.39 is 5.54 Å². The Balaban J connectivity index is 0.000000194. The van der Waals surface area contributed by atoms with E-state index in [2.05, 4.69) is 46.0 Å². The lowest BCUT2D eigenvalue weighted by Gasteiger charge is -2.43. The second kappa shape index (κ2) is 10.1. The van der Waals surface area contributed by atoms with E-state index in [1.807, 2.05) is 33.0 Å². The zero-order valence-electron chi connectivity index (χ0n) is 22.9. The number of halogens is 1. The fraction of sp³-hybridized carbons (Fsp3) is 0.393. The maximum absolute atomic E-state index is 13.9. The summed E-state index contributed by atoms with van der Waals surface area (Å²) in [7, 11) is 1.98. The van der Waals surface area contributed by atoms with Gasteiger partial charge in [-0.25, -0.2) is 13.9 Å². The minimum Gasteiger partial charge on any atom is -0.307 e. The van der Waals surface area contributed by atoms with Crippen LogP contribution >= 0.6 is 0 Å². The second-order valence-corrected chi connectivity index (χ2v) is 11.1. The minimum atomic E-state index is -0.435. The van der Waals surface area contributed by atoms with Crippen LogP contribution in [0.1, 0.15) is 56.2 Å². The molecule has 38 heavy (non-hydrogen) atoms. The molecule has 0 spiro atoms. The highest BCUT2D eigenvalue weighted by atomic mass is 19.1. The van der Waals surface area contributed by atoms with Crippen molar-refractivity contribution < 1.29 is 14.0 Å². The number of nitrogens with zero attached hydrogens (tertiary/aromatic N) is 6. The molecule has 1 fully saturated rings. The number of nitrogens with one attached hydrogen (secondary N) is 1. The average molecular weight is 520 g/mol. The van der Waals surface area contributed by atoms with Crippen LogP contribution < -0.4 is 4.90 Å². The average Bonchev–Trinajstić information content (AvgIpc) is 3.54. The normalized spacial score (nSPS) is 15.9. The number of amides is 1. The SMILES string of the molecule is CN1CCN(c2cn[nH]c2)C(=O)C1(C)C.Cc1ccc(-c2cc(C(C)(C)C)c3nc(C=O)cn3n2)cc1F. The first-order chi connectivity index (χ1) is 17.8. The first-order valence-electron chi connectivity index (χ1n) is 12.5. The number of aromatic nitrogens is 5. The van der Waals surface area contributed by atoms with E-state index in [0.717, 1.165) is 24.3 Å². The van der Waals surface area contributed by atoms with Crippen molar-refractivity contribution in [2.45, 2.75) is 52.5 Å². The highest BCUT2D eigenvalue weighted by Crippen LogP contribution is 2.30. The number of aryl methyl sites for hydroxylation is 1. The lowest BCUT2D eigenvalue weighted by Crippen LogP contribution is -2.61. The summed E-state index contributed by atoms with van der Waals surface area (Å²) in [5.74, 6) is -0.140. The van der Waals surface area contributed by atoms with Gasteiger partial charge < -0.3 is 4.90 Å². The van der Waals surface area contributed by atoms with Crippen LogP contribution in [-0.4, -0.2) is 67.6 Å². The van der Waals surface area contributed by atoms with Crippen molar-refractivity contribution in [1.29, 1.82) is 0 Å². The molecule has 1 aliphatic rings. The van der Waals surface area contributed by atoms with E-state index in [1.165, 1.54) is 6.07 Å². The quantitative estimate of drug-likeness (QED) is 0.402. The van der Waals surface area contributed by atoms with Gasteiger partial charge in [0.2, 0.25) is 5.91 Å². The molecule has 10 heteroatoms. The fourth-order valence-electron chi connectivity index (χ4n) is 4.26. The van der Waals surface area contributed by atoms with Crippen molar-refractivity contribution in [2.75, 3.05) is 25.0 Å². The number of aromatic amines is 1. The zero-order chi connectivity index (χ0) is 27.8. The van der Waals surface area contributed by atoms with Crippen molar-refractivity contribution in [3.63, 3.8) is 0 Å². The predicted octanol–water partition coefficient (Wildman–Crippen LogP) is 4.42. The molecular formula is C28H34FN7O2. The number of hydrogen-bond donors (Lipinski definition) is 1. The van der Waals surface area contributed by atoms with Gasteiger partial charge in [0.25, 0.3) is 0 Å². The van der Waals surface area contributed by atoms with E-state index >= 15 is 0 Å². The lowest BCUT2D eigenvalue weighted by molar-refractivity contribution is -0.130. The number of hydrogen-bond acceptors (Lipinski definition) is 6. The largest absolute Gasteiger partial charge is 0.307 e. The van der Waals surface area contributed by atoms with E-state index in [9.17, 15) is 14.0 Å². The molecule has 0 atom stereocenters. The van der Waals surface area contributed by atoms with Crippen LogP contribution in [0.3, 0.4) is 0 Å². The first kappa shape index (κ1) is 27.1. The molecule has 5 rings (SSSR count). The Morgan fingerprint density at radius 2 is 1.89 bits per heavy atom. The number of aldehydes is 1. The molecule has 0 bridgehead atoms. The molecule has 1 amide bonds. The molecule has 1 saturated heterocycles. The summed E-state index contributed by atoms with van der Waals surface area (Å²) in [5, 5.41) is 11.1. The smallest absolute Gasteiger partial charge is 0.247 e. The number of piperazine rings is 1. The molecular weight excluding hydrogens is 485 g/mol. The van der Waals surface area contributed by atoms with Crippen LogP contribution in [0, 0.1) is 12.7 Å². The Kier molecular flexibility index (Phi) is 7.20. The Morgan fingerprint density at radius 3 is 2.50 bits per heavy atom. The summed E-state index contributed by atoms with van der Waals surface area (Å²) in [6, 6.07) is 6.98. The standard InChI is InChI=1S/C18H18FN3O.C10H16N4O/c1-11-5-6-12(7-15(11)19)16-8-14(18(2,3)4)17-20-13(10-23)9-22(17)21-16;1-10(2)9(15)14(5-4-13(10)3)8-6-11-12-7-8/h5-10H,1-4H3;6-7H,4-5H2,1-3H3,(H,11,12). The monoisotopic (exact) mass is 519 g/mol. The topological polar surface area (TPSA) is 99.5 Å².